The molecule has 6 heteroatoms. The summed E-state index contributed by atoms with van der Waals surface area (Å²) in [6.45, 7) is 1.65. The van der Waals surface area contributed by atoms with Gasteiger partial charge in [0.2, 0.25) is 0 Å². The van der Waals surface area contributed by atoms with Gasteiger partial charge < -0.3 is 4.74 Å². The van der Waals surface area contributed by atoms with Gasteiger partial charge in [0.25, 0.3) is 6.43 Å². The van der Waals surface area contributed by atoms with Crippen molar-refractivity contribution < 1.29 is 26.7 Å². The maximum absolute atomic E-state index is 12.4. The molecule has 0 heterocycles. The average Bonchev–Trinajstić information content (AvgIpc) is 2.14. The highest BCUT2D eigenvalue weighted by Gasteiger charge is 2.31. The summed E-state index contributed by atoms with van der Waals surface area (Å²) < 4.78 is 64.0. The van der Waals surface area contributed by atoms with Crippen LogP contribution in [0.5, 0.6) is 5.75 Å². The molecule has 0 unspecified atom stereocenters. The molecule has 16 heavy (non-hydrogen) atoms. The first-order chi connectivity index (χ1) is 7.31. The van der Waals surface area contributed by atoms with Gasteiger partial charge in [0.05, 0.1) is 0 Å². The van der Waals surface area contributed by atoms with Crippen LogP contribution in [0.15, 0.2) is 18.2 Å². The van der Waals surface area contributed by atoms with Crippen LogP contribution in [-0.2, 0) is 6.42 Å². The van der Waals surface area contributed by atoms with Crippen molar-refractivity contribution in [1.29, 1.82) is 0 Å². The number of hydrogen-bond donors (Lipinski definition) is 0. The first kappa shape index (κ1) is 12.7. The molecular weight excluding hydrogens is 231 g/mol. The Hall–Kier alpha value is -1.33. The second-order valence-electron chi connectivity index (χ2n) is 3.11. The first-order valence-electron chi connectivity index (χ1n) is 4.49. The summed E-state index contributed by atoms with van der Waals surface area (Å²) in [7, 11) is 0. The molecule has 0 aliphatic heterocycles. The zero-order chi connectivity index (χ0) is 12.3. The summed E-state index contributed by atoms with van der Waals surface area (Å²) >= 11 is 0. The fraction of sp³-hybridized carbons (Fsp3) is 0.400. The van der Waals surface area contributed by atoms with Crippen LogP contribution in [0.3, 0.4) is 0 Å². The van der Waals surface area contributed by atoms with Crippen molar-refractivity contribution in [1.82, 2.24) is 0 Å². The van der Waals surface area contributed by atoms with Crippen molar-refractivity contribution in [3.63, 3.8) is 0 Å². The van der Waals surface area contributed by atoms with Crippen molar-refractivity contribution in [2.45, 2.75) is 26.1 Å². The van der Waals surface area contributed by atoms with Gasteiger partial charge in [-0.2, -0.15) is 0 Å². The molecule has 1 aromatic rings. The molecule has 0 saturated carbocycles. The van der Waals surface area contributed by atoms with Crippen LogP contribution in [0.2, 0.25) is 0 Å². The minimum atomic E-state index is -4.87. The molecule has 0 spiro atoms. The summed E-state index contributed by atoms with van der Waals surface area (Å²) in [6, 6.07) is 2.95. The highest BCUT2D eigenvalue weighted by atomic mass is 19.4. The van der Waals surface area contributed by atoms with E-state index in [2.05, 4.69) is 4.74 Å². The normalized spacial score (nSPS) is 11.9. The molecule has 1 rings (SSSR count). The van der Waals surface area contributed by atoms with Gasteiger partial charge >= 0.3 is 6.36 Å². The zero-order valence-electron chi connectivity index (χ0n) is 8.31. The molecule has 0 N–H and O–H groups in total. The second-order valence-corrected chi connectivity index (χ2v) is 3.11. The molecule has 1 aromatic carbocycles. The maximum Gasteiger partial charge on any atom is 0.573 e. The Morgan fingerprint density at radius 3 is 2.25 bits per heavy atom. The summed E-state index contributed by atoms with van der Waals surface area (Å²) in [5, 5.41) is 0. The van der Waals surface area contributed by atoms with Crippen LogP contribution in [0.25, 0.3) is 0 Å². The van der Waals surface area contributed by atoms with E-state index in [1.807, 2.05) is 0 Å². The predicted octanol–water partition coefficient (Wildman–Crippen LogP) is 4.09. The Morgan fingerprint density at radius 2 is 1.81 bits per heavy atom. The van der Waals surface area contributed by atoms with E-state index in [0.717, 1.165) is 12.1 Å². The lowest BCUT2D eigenvalue weighted by atomic mass is 10.1. The molecule has 90 valence electrons. The van der Waals surface area contributed by atoms with Gasteiger partial charge in [0.15, 0.2) is 0 Å². The first-order valence-corrected chi connectivity index (χ1v) is 4.49. The molecule has 0 atom stereocenters. The fourth-order valence-electron chi connectivity index (χ4n) is 1.21. The van der Waals surface area contributed by atoms with Crippen LogP contribution in [0, 0.1) is 0 Å². The van der Waals surface area contributed by atoms with E-state index in [9.17, 15) is 22.0 Å². The van der Waals surface area contributed by atoms with E-state index in [-0.39, 0.29) is 0 Å². The van der Waals surface area contributed by atoms with E-state index < -0.39 is 24.1 Å². The third-order valence-electron chi connectivity index (χ3n) is 1.88. The van der Waals surface area contributed by atoms with Crippen molar-refractivity contribution in [2.75, 3.05) is 0 Å². The van der Waals surface area contributed by atoms with E-state index in [1.54, 1.807) is 6.92 Å². The number of benzene rings is 1. The van der Waals surface area contributed by atoms with Gasteiger partial charge in [0, 0.05) is 5.56 Å². The average molecular weight is 240 g/mol. The number of ether oxygens (including phenoxy) is 1. The number of halogens is 5. The van der Waals surface area contributed by atoms with Crippen LogP contribution in [0.4, 0.5) is 22.0 Å². The molecule has 1 nitrogen and oxygen atoms in total. The Bertz CT molecular complexity index is 359. The summed E-state index contributed by atoms with van der Waals surface area (Å²) in [5.41, 5.74) is -0.101. The maximum atomic E-state index is 12.4. The van der Waals surface area contributed by atoms with Gasteiger partial charge in [-0.25, -0.2) is 8.78 Å². The van der Waals surface area contributed by atoms with Crippen molar-refractivity contribution in [3.8, 4) is 5.75 Å². The van der Waals surface area contributed by atoms with Gasteiger partial charge in [-0.3, -0.25) is 0 Å². The third kappa shape index (κ3) is 3.67. The highest BCUT2D eigenvalue weighted by Crippen LogP contribution is 2.29. The second kappa shape index (κ2) is 4.67. The molecule has 0 bridgehead atoms. The molecule has 0 aliphatic rings. The van der Waals surface area contributed by atoms with Gasteiger partial charge in [-0.1, -0.05) is 6.92 Å². The van der Waals surface area contributed by atoms with Crippen LogP contribution >= 0.6 is 0 Å². The van der Waals surface area contributed by atoms with Crippen LogP contribution in [0.1, 0.15) is 24.5 Å². The smallest absolute Gasteiger partial charge is 0.406 e. The number of hydrogen-bond acceptors (Lipinski definition) is 1. The quantitative estimate of drug-likeness (QED) is 0.723. The third-order valence-corrected chi connectivity index (χ3v) is 1.88. The fourth-order valence-corrected chi connectivity index (χ4v) is 1.21. The Kier molecular flexibility index (Phi) is 3.72. The Labute approximate surface area is 88.8 Å². The lowest BCUT2D eigenvalue weighted by molar-refractivity contribution is -0.274. The Morgan fingerprint density at radius 1 is 1.19 bits per heavy atom. The van der Waals surface area contributed by atoms with Gasteiger partial charge in [0.1, 0.15) is 5.75 Å². The van der Waals surface area contributed by atoms with Crippen molar-refractivity contribution in [3.05, 3.63) is 29.3 Å². The molecule has 0 fully saturated rings. The number of aryl methyl sites for hydroxylation is 1. The van der Waals surface area contributed by atoms with Crippen molar-refractivity contribution in [2.24, 2.45) is 0 Å². The standard InChI is InChI=1S/C10H9F5O/c1-2-6-3-7(9(11)12)5-8(4-6)16-10(13,14)15/h3-5,9H,2H2,1H3. The van der Waals surface area contributed by atoms with E-state index in [0.29, 0.717) is 18.1 Å². The molecule has 0 saturated heterocycles. The van der Waals surface area contributed by atoms with Crippen LogP contribution < -0.4 is 4.74 Å². The minimum Gasteiger partial charge on any atom is -0.406 e. The molecular formula is C10H9F5O. The largest absolute Gasteiger partial charge is 0.573 e. The SMILES string of the molecule is CCc1cc(OC(F)(F)F)cc(C(F)F)c1. The topological polar surface area (TPSA) is 9.23 Å². The lowest BCUT2D eigenvalue weighted by Gasteiger charge is -2.11. The summed E-state index contributed by atoms with van der Waals surface area (Å²) in [5.74, 6) is -0.609. The minimum absolute atomic E-state index is 0.356. The monoisotopic (exact) mass is 240 g/mol. The highest BCUT2D eigenvalue weighted by molar-refractivity contribution is 5.35. The lowest BCUT2D eigenvalue weighted by Crippen LogP contribution is -2.17. The van der Waals surface area contributed by atoms with Gasteiger partial charge in [-0.15, -0.1) is 13.2 Å². The molecule has 0 aliphatic carbocycles. The van der Waals surface area contributed by atoms with E-state index in [4.69, 9.17) is 0 Å². The Balaban J connectivity index is 3.04. The van der Waals surface area contributed by atoms with E-state index >= 15 is 0 Å². The summed E-state index contributed by atoms with van der Waals surface area (Å²) in [4.78, 5) is 0. The predicted molar refractivity (Wildman–Crippen MR) is 47.5 cm³/mol. The molecule has 0 radical (unpaired) electrons. The molecule has 0 aromatic heterocycles. The summed E-state index contributed by atoms with van der Waals surface area (Å²) in [6.07, 6.45) is -7.33. The van der Waals surface area contributed by atoms with Crippen LogP contribution in [-0.4, -0.2) is 6.36 Å². The van der Waals surface area contributed by atoms with E-state index in [1.165, 1.54) is 0 Å². The van der Waals surface area contributed by atoms with Gasteiger partial charge in [-0.05, 0) is 30.2 Å². The zero-order valence-corrected chi connectivity index (χ0v) is 8.31. The number of alkyl halides is 5. The van der Waals surface area contributed by atoms with Crippen molar-refractivity contribution >= 4 is 0 Å². The number of rotatable bonds is 3. The molecule has 0 amide bonds.